The zero-order chi connectivity index (χ0) is 23.9. The first kappa shape index (κ1) is 25.2. The lowest BCUT2D eigenvalue weighted by Gasteiger charge is -2.25. The Kier molecular flexibility index (Phi) is 8.25. The molecule has 0 spiro atoms. The summed E-state index contributed by atoms with van der Waals surface area (Å²) in [6.07, 6.45) is 2.45. The predicted molar refractivity (Wildman–Crippen MR) is 123 cm³/mol. The van der Waals surface area contributed by atoms with Crippen molar-refractivity contribution in [2.45, 2.75) is 31.7 Å². The fraction of sp³-hybridized carbons (Fsp3) is 0.250. The Labute approximate surface area is 187 Å². The van der Waals surface area contributed by atoms with Crippen LogP contribution in [0.4, 0.5) is 5.69 Å². The quantitative estimate of drug-likeness (QED) is 0.313. The van der Waals surface area contributed by atoms with Gasteiger partial charge in [-0.1, -0.05) is 30.3 Å². The normalized spacial score (nSPS) is 13.1. The fourth-order valence-corrected chi connectivity index (χ4v) is 4.56. The maximum absolute atomic E-state index is 12.6. The monoisotopic (exact) mass is 480 g/mol. The second kappa shape index (κ2) is 10.5. The average molecular weight is 481 g/mol. The Balaban J connectivity index is 2.42. The van der Waals surface area contributed by atoms with Gasteiger partial charge in [0.25, 0.3) is 15.7 Å². The van der Waals surface area contributed by atoms with Crippen LogP contribution in [0.5, 0.6) is 0 Å². The molecule has 0 aliphatic rings. The van der Waals surface area contributed by atoms with E-state index in [1.807, 2.05) is 0 Å². The maximum Gasteiger partial charge on any atom is 0.282 e. The molecule has 0 heterocycles. The molecule has 12 heteroatoms. The minimum Gasteiger partial charge on any atom is -0.312 e. The standard InChI is InChI=1S/C20H24N4O6S2/c1-4-31(27,28)23(16(2)3)21-14-18(17-8-6-5-7-9-17)15-22-32(29,30)20-12-10-19(11-13-20)24(25)26/h5-16,21H,4H2,1-3H3/b18-14-,22-15+. The lowest BCUT2D eigenvalue weighted by Crippen LogP contribution is -2.45. The Morgan fingerprint density at radius 3 is 2.19 bits per heavy atom. The van der Waals surface area contributed by atoms with Gasteiger partial charge in [0.05, 0.1) is 15.6 Å². The molecule has 2 aromatic carbocycles. The first-order valence-corrected chi connectivity index (χ1v) is 12.6. The van der Waals surface area contributed by atoms with Gasteiger partial charge in [0.1, 0.15) is 0 Å². The predicted octanol–water partition coefficient (Wildman–Crippen LogP) is 2.96. The van der Waals surface area contributed by atoms with E-state index in [0.717, 1.165) is 34.9 Å². The summed E-state index contributed by atoms with van der Waals surface area (Å²) in [5, 5.41) is 10.8. The van der Waals surface area contributed by atoms with Gasteiger partial charge in [-0.3, -0.25) is 10.1 Å². The highest BCUT2D eigenvalue weighted by molar-refractivity contribution is 7.90. The van der Waals surface area contributed by atoms with Gasteiger partial charge >= 0.3 is 0 Å². The van der Waals surface area contributed by atoms with Crippen LogP contribution >= 0.6 is 0 Å². The Morgan fingerprint density at radius 2 is 1.69 bits per heavy atom. The number of nitro benzene ring substituents is 1. The molecule has 0 fully saturated rings. The van der Waals surface area contributed by atoms with Gasteiger partial charge in [0.2, 0.25) is 10.0 Å². The number of nitrogens with zero attached hydrogens (tertiary/aromatic N) is 3. The molecule has 0 aliphatic heterocycles. The molecular formula is C20H24N4O6S2. The third-order valence-corrected chi connectivity index (χ3v) is 7.37. The van der Waals surface area contributed by atoms with Crippen molar-refractivity contribution in [3.8, 4) is 0 Å². The summed E-state index contributed by atoms with van der Waals surface area (Å²) in [5.74, 6) is -0.116. The van der Waals surface area contributed by atoms with Crippen LogP contribution in [-0.4, -0.2) is 44.2 Å². The fourth-order valence-electron chi connectivity index (χ4n) is 2.58. The van der Waals surface area contributed by atoms with Crippen LogP contribution in [0.3, 0.4) is 0 Å². The lowest BCUT2D eigenvalue weighted by molar-refractivity contribution is -0.384. The van der Waals surface area contributed by atoms with E-state index in [-0.39, 0.29) is 16.3 Å². The summed E-state index contributed by atoms with van der Waals surface area (Å²) in [7, 11) is -7.72. The van der Waals surface area contributed by atoms with Gasteiger partial charge in [-0.15, -0.1) is 4.41 Å². The van der Waals surface area contributed by atoms with Crippen molar-refractivity contribution in [2.24, 2.45) is 4.40 Å². The van der Waals surface area contributed by atoms with Gasteiger partial charge in [0.15, 0.2) is 0 Å². The molecule has 10 nitrogen and oxygen atoms in total. The van der Waals surface area contributed by atoms with Crippen molar-refractivity contribution in [3.63, 3.8) is 0 Å². The minimum absolute atomic E-state index is 0.116. The van der Waals surface area contributed by atoms with E-state index in [1.165, 1.54) is 13.1 Å². The summed E-state index contributed by atoms with van der Waals surface area (Å²) in [6, 6.07) is 12.7. The van der Waals surface area contributed by atoms with Crippen LogP contribution < -0.4 is 5.43 Å². The van der Waals surface area contributed by atoms with Gasteiger partial charge in [-0.05, 0) is 38.5 Å². The molecule has 0 aromatic heterocycles. The summed E-state index contributed by atoms with van der Waals surface area (Å²) in [5.41, 5.74) is 3.39. The molecule has 0 radical (unpaired) electrons. The first-order chi connectivity index (χ1) is 15.0. The number of nitro groups is 1. The summed E-state index contributed by atoms with van der Waals surface area (Å²) >= 11 is 0. The van der Waals surface area contributed by atoms with E-state index in [2.05, 4.69) is 9.82 Å². The molecule has 0 saturated carbocycles. The highest BCUT2D eigenvalue weighted by Crippen LogP contribution is 2.19. The number of rotatable bonds is 10. The second-order valence-electron chi connectivity index (χ2n) is 6.85. The third kappa shape index (κ3) is 6.45. The maximum atomic E-state index is 12.6. The molecule has 0 aliphatic carbocycles. The molecule has 0 amide bonds. The molecule has 0 bridgehead atoms. The molecule has 0 atom stereocenters. The number of nitrogens with one attached hydrogen (secondary N) is 1. The molecule has 32 heavy (non-hydrogen) atoms. The number of hydrazine groups is 1. The number of benzene rings is 2. The SMILES string of the molecule is CCS(=O)(=O)N(N/C=C(/C=N/S(=O)(=O)c1ccc([N+](=O)[O-])cc1)c1ccccc1)C(C)C. The van der Waals surface area contributed by atoms with Crippen LogP contribution in [0.15, 0.2) is 70.1 Å². The lowest BCUT2D eigenvalue weighted by atomic mass is 10.1. The molecule has 2 aromatic rings. The van der Waals surface area contributed by atoms with E-state index >= 15 is 0 Å². The number of allylic oxidation sites excluding steroid dienone is 1. The second-order valence-corrected chi connectivity index (χ2v) is 10.6. The summed E-state index contributed by atoms with van der Waals surface area (Å²) in [6.45, 7) is 4.92. The van der Waals surface area contributed by atoms with Crippen molar-refractivity contribution >= 4 is 37.5 Å². The van der Waals surface area contributed by atoms with E-state index in [4.69, 9.17) is 0 Å². The average Bonchev–Trinajstić information content (AvgIpc) is 2.76. The van der Waals surface area contributed by atoms with Crippen LogP contribution in [-0.2, 0) is 20.0 Å². The van der Waals surface area contributed by atoms with E-state index in [0.29, 0.717) is 11.1 Å². The van der Waals surface area contributed by atoms with E-state index in [1.54, 1.807) is 44.2 Å². The number of hydrogen-bond donors (Lipinski definition) is 1. The third-order valence-electron chi connectivity index (χ3n) is 4.26. The van der Waals surface area contributed by atoms with Crippen molar-refractivity contribution in [3.05, 3.63) is 76.5 Å². The Morgan fingerprint density at radius 1 is 1.09 bits per heavy atom. The smallest absolute Gasteiger partial charge is 0.282 e. The largest absolute Gasteiger partial charge is 0.312 e. The Hall–Kier alpha value is -3.09. The first-order valence-electron chi connectivity index (χ1n) is 9.56. The van der Waals surface area contributed by atoms with Crippen molar-refractivity contribution in [1.29, 1.82) is 0 Å². The van der Waals surface area contributed by atoms with Crippen LogP contribution in [0.1, 0.15) is 26.3 Å². The zero-order valence-electron chi connectivity index (χ0n) is 17.7. The van der Waals surface area contributed by atoms with E-state index in [9.17, 15) is 26.9 Å². The molecule has 172 valence electrons. The summed E-state index contributed by atoms with van der Waals surface area (Å²) in [4.78, 5) is 9.92. The van der Waals surface area contributed by atoms with Gasteiger partial charge < -0.3 is 5.43 Å². The topological polar surface area (TPSA) is 139 Å². The van der Waals surface area contributed by atoms with Gasteiger partial charge in [-0.25, -0.2) is 8.42 Å². The number of sulfonamides is 2. The van der Waals surface area contributed by atoms with Crippen LogP contribution in [0.2, 0.25) is 0 Å². The van der Waals surface area contributed by atoms with Crippen LogP contribution in [0, 0.1) is 10.1 Å². The van der Waals surface area contributed by atoms with Crippen molar-refractivity contribution in [2.75, 3.05) is 5.75 Å². The van der Waals surface area contributed by atoms with E-state index < -0.39 is 31.0 Å². The molecule has 1 N–H and O–H groups in total. The van der Waals surface area contributed by atoms with Crippen LogP contribution in [0.25, 0.3) is 5.57 Å². The molecule has 0 unspecified atom stereocenters. The van der Waals surface area contributed by atoms with Crippen molar-refractivity contribution < 1.29 is 21.8 Å². The van der Waals surface area contributed by atoms with Crippen molar-refractivity contribution in [1.82, 2.24) is 9.84 Å². The number of non-ortho nitro benzene ring substituents is 1. The van der Waals surface area contributed by atoms with Gasteiger partial charge in [0, 0.05) is 36.2 Å². The molecular weight excluding hydrogens is 456 g/mol. The number of hydrogen-bond acceptors (Lipinski definition) is 7. The minimum atomic E-state index is -4.15. The van der Waals surface area contributed by atoms with Gasteiger partial charge in [-0.2, -0.15) is 12.8 Å². The summed E-state index contributed by atoms with van der Waals surface area (Å²) < 4.78 is 54.6. The Bertz CT molecular complexity index is 1210. The zero-order valence-corrected chi connectivity index (χ0v) is 19.4. The molecule has 2 rings (SSSR count). The highest BCUT2D eigenvalue weighted by Gasteiger charge is 2.22. The highest BCUT2D eigenvalue weighted by atomic mass is 32.2. The molecule has 0 saturated heterocycles.